The van der Waals surface area contributed by atoms with Crippen molar-refractivity contribution in [3.63, 3.8) is 0 Å². The Bertz CT molecular complexity index is 382. The first-order valence-electron chi connectivity index (χ1n) is 6.82. The zero-order valence-electron chi connectivity index (χ0n) is 12.0. The van der Waals surface area contributed by atoms with Gasteiger partial charge in [0, 0.05) is 6.04 Å². The lowest BCUT2D eigenvalue weighted by atomic mass is 10.0. The van der Waals surface area contributed by atoms with Gasteiger partial charge in [0.2, 0.25) is 0 Å². The Labute approximate surface area is 124 Å². The number of hydrogen-bond acceptors (Lipinski definition) is 3. The summed E-state index contributed by atoms with van der Waals surface area (Å²) >= 11 is 3.53. The van der Waals surface area contributed by atoms with Crippen LogP contribution in [0.1, 0.15) is 32.8 Å². The first kappa shape index (κ1) is 16.5. The standard InChI is InChI=1S/C15H24BrNO2/c1-4-13(17)10-12-6-5-7-14(16)15(12)19-9-8-18-11(2)3/h5-7,11,13H,4,8-10,17H2,1-3H3. The highest BCUT2D eigenvalue weighted by molar-refractivity contribution is 9.10. The molecule has 0 fully saturated rings. The molecule has 1 atom stereocenters. The highest BCUT2D eigenvalue weighted by Crippen LogP contribution is 2.30. The summed E-state index contributed by atoms with van der Waals surface area (Å²) in [4.78, 5) is 0. The number of hydrogen-bond donors (Lipinski definition) is 1. The minimum atomic E-state index is 0.170. The van der Waals surface area contributed by atoms with E-state index in [1.807, 2.05) is 26.0 Å². The number of para-hydroxylation sites is 1. The van der Waals surface area contributed by atoms with E-state index in [-0.39, 0.29) is 12.1 Å². The Balaban J connectivity index is 2.64. The van der Waals surface area contributed by atoms with E-state index in [2.05, 4.69) is 28.9 Å². The van der Waals surface area contributed by atoms with Gasteiger partial charge in [-0.05, 0) is 54.2 Å². The quantitative estimate of drug-likeness (QED) is 0.742. The van der Waals surface area contributed by atoms with Crippen molar-refractivity contribution in [1.82, 2.24) is 0 Å². The lowest BCUT2D eigenvalue weighted by Crippen LogP contribution is -2.22. The monoisotopic (exact) mass is 329 g/mol. The van der Waals surface area contributed by atoms with Crippen LogP contribution in [0.25, 0.3) is 0 Å². The summed E-state index contributed by atoms with van der Waals surface area (Å²) in [6.07, 6.45) is 2.02. The first-order valence-corrected chi connectivity index (χ1v) is 7.61. The Morgan fingerprint density at radius 1 is 1.26 bits per heavy atom. The van der Waals surface area contributed by atoms with Crippen molar-refractivity contribution < 1.29 is 9.47 Å². The molecule has 1 aromatic rings. The van der Waals surface area contributed by atoms with Gasteiger partial charge in [-0.3, -0.25) is 0 Å². The predicted molar refractivity (Wildman–Crippen MR) is 82.7 cm³/mol. The first-order chi connectivity index (χ1) is 9.04. The molecule has 0 aliphatic rings. The minimum absolute atomic E-state index is 0.170. The van der Waals surface area contributed by atoms with Crippen LogP contribution in [0.15, 0.2) is 22.7 Å². The van der Waals surface area contributed by atoms with Gasteiger partial charge in [0.15, 0.2) is 0 Å². The van der Waals surface area contributed by atoms with E-state index in [1.165, 1.54) is 0 Å². The van der Waals surface area contributed by atoms with Gasteiger partial charge in [-0.2, -0.15) is 0 Å². The third kappa shape index (κ3) is 5.93. The molecule has 0 saturated carbocycles. The molecular weight excluding hydrogens is 306 g/mol. The van der Waals surface area contributed by atoms with Crippen molar-refractivity contribution in [3.05, 3.63) is 28.2 Å². The van der Waals surface area contributed by atoms with Crippen LogP contribution in [-0.4, -0.2) is 25.4 Å². The Morgan fingerprint density at radius 2 is 2.00 bits per heavy atom. The van der Waals surface area contributed by atoms with Crippen LogP contribution in [0.5, 0.6) is 5.75 Å². The molecule has 1 unspecified atom stereocenters. The molecular formula is C15H24BrNO2. The SMILES string of the molecule is CCC(N)Cc1cccc(Br)c1OCCOC(C)C. The van der Waals surface area contributed by atoms with Gasteiger partial charge in [0.1, 0.15) is 12.4 Å². The molecule has 2 N–H and O–H groups in total. The summed E-state index contributed by atoms with van der Waals surface area (Å²) in [5.74, 6) is 0.888. The van der Waals surface area contributed by atoms with E-state index in [0.717, 1.165) is 28.6 Å². The van der Waals surface area contributed by atoms with Crippen molar-refractivity contribution in [2.75, 3.05) is 13.2 Å². The van der Waals surface area contributed by atoms with Gasteiger partial charge in [-0.1, -0.05) is 19.1 Å². The number of halogens is 1. The van der Waals surface area contributed by atoms with E-state index in [9.17, 15) is 0 Å². The van der Waals surface area contributed by atoms with Crippen LogP contribution in [0.2, 0.25) is 0 Å². The van der Waals surface area contributed by atoms with E-state index in [1.54, 1.807) is 0 Å². The Morgan fingerprint density at radius 3 is 2.63 bits per heavy atom. The van der Waals surface area contributed by atoms with Crippen LogP contribution < -0.4 is 10.5 Å². The number of rotatable bonds is 8. The molecule has 0 amide bonds. The molecule has 0 spiro atoms. The summed E-state index contributed by atoms with van der Waals surface area (Å²) < 4.78 is 12.3. The third-order valence-corrected chi connectivity index (χ3v) is 3.46. The molecule has 108 valence electrons. The lowest BCUT2D eigenvalue weighted by molar-refractivity contribution is 0.0549. The fourth-order valence-corrected chi connectivity index (χ4v) is 2.25. The van der Waals surface area contributed by atoms with Gasteiger partial charge in [-0.25, -0.2) is 0 Å². The maximum absolute atomic E-state index is 6.02. The number of ether oxygens (including phenoxy) is 2. The predicted octanol–water partition coefficient (Wildman–Crippen LogP) is 3.53. The molecule has 4 heteroatoms. The number of benzene rings is 1. The summed E-state index contributed by atoms with van der Waals surface area (Å²) in [5.41, 5.74) is 7.17. The summed E-state index contributed by atoms with van der Waals surface area (Å²) in [6, 6.07) is 6.24. The Kier molecular flexibility index (Phi) is 7.42. The van der Waals surface area contributed by atoms with Gasteiger partial charge in [0.25, 0.3) is 0 Å². The zero-order valence-corrected chi connectivity index (χ0v) is 13.6. The molecule has 19 heavy (non-hydrogen) atoms. The number of nitrogens with two attached hydrogens (primary N) is 1. The largest absolute Gasteiger partial charge is 0.490 e. The lowest BCUT2D eigenvalue weighted by Gasteiger charge is -2.16. The van der Waals surface area contributed by atoms with Crippen molar-refractivity contribution in [2.45, 2.75) is 45.8 Å². The molecule has 0 bridgehead atoms. The van der Waals surface area contributed by atoms with Gasteiger partial charge >= 0.3 is 0 Å². The van der Waals surface area contributed by atoms with Crippen molar-refractivity contribution in [2.24, 2.45) is 5.73 Å². The second kappa shape index (κ2) is 8.56. The maximum Gasteiger partial charge on any atom is 0.136 e. The summed E-state index contributed by atoms with van der Waals surface area (Å²) in [6.45, 7) is 7.28. The summed E-state index contributed by atoms with van der Waals surface area (Å²) in [7, 11) is 0. The molecule has 0 radical (unpaired) electrons. The average molecular weight is 330 g/mol. The molecule has 0 aromatic heterocycles. The molecule has 1 aromatic carbocycles. The minimum Gasteiger partial charge on any atom is -0.490 e. The highest BCUT2D eigenvalue weighted by atomic mass is 79.9. The molecule has 0 heterocycles. The van der Waals surface area contributed by atoms with Crippen LogP contribution in [0, 0.1) is 0 Å². The normalized spacial score (nSPS) is 12.7. The molecule has 1 rings (SSSR count). The molecule has 0 saturated heterocycles. The van der Waals surface area contributed by atoms with Gasteiger partial charge in [0.05, 0.1) is 17.2 Å². The van der Waals surface area contributed by atoms with Crippen LogP contribution in [0.4, 0.5) is 0 Å². The van der Waals surface area contributed by atoms with Gasteiger partial charge in [-0.15, -0.1) is 0 Å². The van der Waals surface area contributed by atoms with Crippen molar-refractivity contribution >= 4 is 15.9 Å². The second-order valence-corrected chi connectivity index (χ2v) is 5.72. The molecule has 0 aliphatic heterocycles. The van der Waals surface area contributed by atoms with E-state index in [0.29, 0.717) is 13.2 Å². The molecule has 3 nitrogen and oxygen atoms in total. The summed E-state index contributed by atoms with van der Waals surface area (Å²) in [5, 5.41) is 0. The van der Waals surface area contributed by atoms with Crippen LogP contribution in [0.3, 0.4) is 0 Å². The van der Waals surface area contributed by atoms with E-state index < -0.39 is 0 Å². The fourth-order valence-electron chi connectivity index (χ4n) is 1.73. The van der Waals surface area contributed by atoms with E-state index in [4.69, 9.17) is 15.2 Å². The smallest absolute Gasteiger partial charge is 0.136 e. The average Bonchev–Trinajstić information content (AvgIpc) is 2.36. The zero-order chi connectivity index (χ0) is 14.3. The third-order valence-electron chi connectivity index (χ3n) is 2.84. The van der Waals surface area contributed by atoms with Crippen LogP contribution in [-0.2, 0) is 11.2 Å². The Hall–Kier alpha value is -0.580. The second-order valence-electron chi connectivity index (χ2n) is 4.87. The topological polar surface area (TPSA) is 44.5 Å². The van der Waals surface area contributed by atoms with Gasteiger partial charge < -0.3 is 15.2 Å². The highest BCUT2D eigenvalue weighted by Gasteiger charge is 2.11. The molecule has 0 aliphatic carbocycles. The van der Waals surface area contributed by atoms with E-state index >= 15 is 0 Å². The van der Waals surface area contributed by atoms with Crippen molar-refractivity contribution in [1.29, 1.82) is 0 Å². The fraction of sp³-hybridized carbons (Fsp3) is 0.600. The van der Waals surface area contributed by atoms with Crippen LogP contribution >= 0.6 is 15.9 Å². The maximum atomic E-state index is 6.02. The van der Waals surface area contributed by atoms with Crippen molar-refractivity contribution in [3.8, 4) is 5.75 Å².